The molecule has 0 atom stereocenters. The third kappa shape index (κ3) is 4.28. The van der Waals surface area contributed by atoms with Crippen molar-refractivity contribution in [3.8, 4) is 11.3 Å². The maximum Gasteiger partial charge on any atom is 0.0948 e. The van der Waals surface area contributed by atoms with Crippen molar-refractivity contribution in [3.05, 3.63) is 39.2 Å². The molecule has 2 N–H and O–H groups in total. The molecule has 0 saturated heterocycles. The number of benzene rings is 1. The van der Waals surface area contributed by atoms with Gasteiger partial charge in [0.1, 0.15) is 0 Å². The van der Waals surface area contributed by atoms with Crippen LogP contribution in [-0.2, 0) is 6.42 Å². The fourth-order valence-electron chi connectivity index (χ4n) is 1.96. The Balaban J connectivity index is 1.97. The molecule has 0 aliphatic carbocycles. The van der Waals surface area contributed by atoms with Crippen LogP contribution in [-0.4, -0.2) is 29.8 Å². The van der Waals surface area contributed by atoms with Gasteiger partial charge >= 0.3 is 0 Å². The number of hydrogen-bond donors (Lipinski definition) is 2. The van der Waals surface area contributed by atoms with Gasteiger partial charge in [-0.25, -0.2) is 4.98 Å². The minimum absolute atomic E-state index is 0.240. The van der Waals surface area contributed by atoms with E-state index in [9.17, 15) is 0 Å². The van der Waals surface area contributed by atoms with Crippen LogP contribution in [0, 0.1) is 6.92 Å². The van der Waals surface area contributed by atoms with E-state index in [1.54, 1.807) is 11.3 Å². The van der Waals surface area contributed by atoms with E-state index >= 15 is 0 Å². The third-order valence-corrected chi connectivity index (χ3v) is 4.27. The Hall–Kier alpha value is -0.940. The summed E-state index contributed by atoms with van der Waals surface area (Å²) in [6.07, 6.45) is 1.72. The zero-order valence-electron chi connectivity index (χ0n) is 11.5. The first-order valence-electron chi connectivity index (χ1n) is 6.74. The summed E-state index contributed by atoms with van der Waals surface area (Å²) in [6.45, 7) is 4.09. The molecule has 0 aliphatic heterocycles. The van der Waals surface area contributed by atoms with E-state index in [-0.39, 0.29) is 6.61 Å². The van der Waals surface area contributed by atoms with Gasteiger partial charge in [-0.1, -0.05) is 23.7 Å². The molecule has 2 aromatic rings. The predicted octanol–water partition coefficient (Wildman–Crippen LogP) is 3.29. The molecule has 2 rings (SSSR count). The first kappa shape index (κ1) is 15.4. The van der Waals surface area contributed by atoms with Crippen molar-refractivity contribution in [1.82, 2.24) is 10.3 Å². The van der Waals surface area contributed by atoms with E-state index in [0.717, 1.165) is 47.2 Å². The maximum absolute atomic E-state index is 8.71. The first-order valence-corrected chi connectivity index (χ1v) is 7.94. The largest absolute Gasteiger partial charge is 0.396 e. The predicted molar refractivity (Wildman–Crippen MR) is 85.6 cm³/mol. The zero-order chi connectivity index (χ0) is 14.4. The van der Waals surface area contributed by atoms with Gasteiger partial charge in [0.05, 0.1) is 10.7 Å². The van der Waals surface area contributed by atoms with Gasteiger partial charge in [-0.2, -0.15) is 0 Å². The molecule has 0 amide bonds. The summed E-state index contributed by atoms with van der Waals surface area (Å²) in [5.41, 5.74) is 2.17. The average molecular weight is 311 g/mol. The van der Waals surface area contributed by atoms with Gasteiger partial charge in [-0.15, -0.1) is 11.3 Å². The van der Waals surface area contributed by atoms with Crippen LogP contribution in [0.15, 0.2) is 24.3 Å². The lowest BCUT2D eigenvalue weighted by Crippen LogP contribution is -2.19. The summed E-state index contributed by atoms with van der Waals surface area (Å²) < 4.78 is 0. The lowest BCUT2D eigenvalue weighted by Gasteiger charge is -2.01. The molecule has 1 aromatic heterocycles. The number of aromatic nitrogens is 1. The van der Waals surface area contributed by atoms with Gasteiger partial charge in [0.2, 0.25) is 0 Å². The molecule has 0 aliphatic rings. The van der Waals surface area contributed by atoms with Crippen molar-refractivity contribution in [3.63, 3.8) is 0 Å². The quantitative estimate of drug-likeness (QED) is 0.771. The fraction of sp³-hybridized carbons (Fsp3) is 0.400. The van der Waals surface area contributed by atoms with E-state index in [0.29, 0.717) is 0 Å². The molecule has 0 saturated carbocycles. The number of rotatable bonds is 7. The van der Waals surface area contributed by atoms with Gasteiger partial charge in [-0.05, 0) is 32.0 Å². The lowest BCUT2D eigenvalue weighted by molar-refractivity contribution is 0.286. The third-order valence-electron chi connectivity index (χ3n) is 2.99. The van der Waals surface area contributed by atoms with Gasteiger partial charge in [0.25, 0.3) is 0 Å². The molecule has 1 aromatic carbocycles. The number of hydrogen-bond acceptors (Lipinski definition) is 4. The number of halogens is 1. The Morgan fingerprint density at radius 1 is 1.25 bits per heavy atom. The van der Waals surface area contributed by atoms with Crippen LogP contribution < -0.4 is 5.32 Å². The van der Waals surface area contributed by atoms with E-state index in [2.05, 4.69) is 12.2 Å². The van der Waals surface area contributed by atoms with Crippen LogP contribution in [0.2, 0.25) is 5.02 Å². The minimum Gasteiger partial charge on any atom is -0.396 e. The summed E-state index contributed by atoms with van der Waals surface area (Å²) in [5.74, 6) is 0. The molecule has 5 heteroatoms. The highest BCUT2D eigenvalue weighted by Crippen LogP contribution is 2.28. The van der Waals surface area contributed by atoms with E-state index in [1.165, 1.54) is 4.88 Å². The Morgan fingerprint density at radius 2 is 2.00 bits per heavy atom. The van der Waals surface area contributed by atoms with Gasteiger partial charge in [0.15, 0.2) is 0 Å². The Kier molecular flexibility index (Phi) is 5.98. The van der Waals surface area contributed by atoms with E-state index in [4.69, 9.17) is 21.7 Å². The molecule has 0 radical (unpaired) electrons. The number of aryl methyl sites for hydroxylation is 1. The van der Waals surface area contributed by atoms with Gasteiger partial charge < -0.3 is 10.4 Å². The minimum atomic E-state index is 0.240. The summed E-state index contributed by atoms with van der Waals surface area (Å²) in [6, 6.07) is 7.80. The van der Waals surface area contributed by atoms with Crippen LogP contribution in [0.3, 0.4) is 0 Å². The summed E-state index contributed by atoms with van der Waals surface area (Å²) >= 11 is 7.65. The van der Waals surface area contributed by atoms with Crippen molar-refractivity contribution in [2.24, 2.45) is 0 Å². The average Bonchev–Trinajstić information content (AvgIpc) is 2.81. The topological polar surface area (TPSA) is 45.1 Å². The molecular formula is C15H19ClN2OS. The van der Waals surface area contributed by atoms with Crippen molar-refractivity contribution in [2.75, 3.05) is 19.7 Å². The highest BCUT2D eigenvalue weighted by molar-refractivity contribution is 7.12. The second-order valence-corrected chi connectivity index (χ2v) is 6.32. The molecule has 0 unspecified atom stereocenters. The first-order chi connectivity index (χ1) is 9.70. The molecule has 20 heavy (non-hydrogen) atoms. The summed E-state index contributed by atoms with van der Waals surface area (Å²) in [4.78, 5) is 5.95. The van der Waals surface area contributed by atoms with Crippen LogP contribution >= 0.6 is 22.9 Å². The van der Waals surface area contributed by atoms with Crippen LogP contribution in [0.4, 0.5) is 0 Å². The highest BCUT2D eigenvalue weighted by Gasteiger charge is 2.09. The molecule has 1 heterocycles. The van der Waals surface area contributed by atoms with Crippen molar-refractivity contribution in [2.45, 2.75) is 19.8 Å². The summed E-state index contributed by atoms with van der Waals surface area (Å²) in [5, 5.41) is 13.9. The Labute approximate surface area is 128 Å². The number of aliphatic hydroxyl groups is 1. The normalized spacial score (nSPS) is 10.9. The number of aliphatic hydroxyl groups excluding tert-OH is 1. The van der Waals surface area contributed by atoms with Gasteiger partial charge in [-0.3, -0.25) is 0 Å². The van der Waals surface area contributed by atoms with E-state index < -0.39 is 0 Å². The Bertz CT molecular complexity index is 539. The van der Waals surface area contributed by atoms with Crippen molar-refractivity contribution in [1.29, 1.82) is 0 Å². The van der Waals surface area contributed by atoms with Crippen molar-refractivity contribution >= 4 is 22.9 Å². The van der Waals surface area contributed by atoms with Crippen LogP contribution in [0.25, 0.3) is 11.3 Å². The number of thiazole rings is 1. The smallest absolute Gasteiger partial charge is 0.0948 e. The standard InChI is InChI=1S/C15H19ClN2OS/c1-11-15(12-3-5-13(16)6-4-12)18-14(20-11)7-9-17-8-2-10-19/h3-6,17,19H,2,7-10H2,1H3. The molecule has 0 spiro atoms. The molecule has 0 bridgehead atoms. The maximum atomic E-state index is 8.71. The Morgan fingerprint density at radius 3 is 2.70 bits per heavy atom. The zero-order valence-corrected chi connectivity index (χ0v) is 13.1. The van der Waals surface area contributed by atoms with Crippen LogP contribution in [0.5, 0.6) is 0 Å². The monoisotopic (exact) mass is 310 g/mol. The second-order valence-electron chi connectivity index (χ2n) is 4.60. The SMILES string of the molecule is Cc1sc(CCNCCCO)nc1-c1ccc(Cl)cc1. The van der Waals surface area contributed by atoms with Crippen LogP contribution in [0.1, 0.15) is 16.3 Å². The molecule has 0 fully saturated rings. The number of nitrogens with zero attached hydrogens (tertiary/aromatic N) is 1. The van der Waals surface area contributed by atoms with Gasteiger partial charge in [0, 0.05) is 35.0 Å². The highest BCUT2D eigenvalue weighted by atomic mass is 35.5. The second kappa shape index (κ2) is 7.74. The molecule has 3 nitrogen and oxygen atoms in total. The number of nitrogens with one attached hydrogen (secondary N) is 1. The van der Waals surface area contributed by atoms with E-state index in [1.807, 2.05) is 24.3 Å². The molecular weight excluding hydrogens is 292 g/mol. The fourth-order valence-corrected chi connectivity index (χ4v) is 3.04. The lowest BCUT2D eigenvalue weighted by atomic mass is 10.1. The summed E-state index contributed by atoms with van der Waals surface area (Å²) in [7, 11) is 0. The van der Waals surface area contributed by atoms with Crippen molar-refractivity contribution < 1.29 is 5.11 Å². The molecule has 108 valence electrons.